The van der Waals surface area contributed by atoms with E-state index in [2.05, 4.69) is 11.2 Å². The Morgan fingerprint density at radius 1 is 1.38 bits per heavy atom. The molecular formula is C18H19N3O2S. The lowest BCUT2D eigenvalue weighted by molar-refractivity contribution is -0.0930. The fourth-order valence-corrected chi connectivity index (χ4v) is 4.19. The van der Waals surface area contributed by atoms with Crippen molar-refractivity contribution in [2.45, 2.75) is 12.5 Å². The summed E-state index contributed by atoms with van der Waals surface area (Å²) in [6.07, 6.45) is 3.76. The second-order valence-electron chi connectivity index (χ2n) is 6.36. The van der Waals surface area contributed by atoms with Crippen molar-refractivity contribution in [1.29, 1.82) is 0 Å². The van der Waals surface area contributed by atoms with Gasteiger partial charge in [-0.1, -0.05) is 18.2 Å². The highest BCUT2D eigenvalue weighted by molar-refractivity contribution is 7.20. The second kappa shape index (κ2) is 5.72. The molecule has 0 radical (unpaired) electrons. The topological polar surface area (TPSA) is 47.4 Å². The van der Waals surface area contributed by atoms with Gasteiger partial charge in [0.05, 0.1) is 24.2 Å². The fraction of sp³-hybridized carbons (Fsp3) is 0.333. The van der Waals surface area contributed by atoms with Crippen molar-refractivity contribution in [2.24, 2.45) is 7.05 Å². The summed E-state index contributed by atoms with van der Waals surface area (Å²) in [6.45, 7) is 3.70. The lowest BCUT2D eigenvalue weighted by Crippen LogP contribution is -2.50. The number of nitrogens with zero attached hydrogens (tertiary/aromatic N) is 3. The number of amides is 1. The maximum atomic E-state index is 13.0. The first kappa shape index (κ1) is 15.4. The Kier molecular flexibility index (Phi) is 3.66. The van der Waals surface area contributed by atoms with Gasteiger partial charge in [-0.2, -0.15) is 5.10 Å². The zero-order valence-corrected chi connectivity index (χ0v) is 14.5. The number of ether oxygens (including phenoxy) is 1. The van der Waals surface area contributed by atoms with E-state index in [9.17, 15) is 4.79 Å². The van der Waals surface area contributed by atoms with Crippen LogP contribution in [0.3, 0.4) is 0 Å². The van der Waals surface area contributed by atoms with E-state index in [-0.39, 0.29) is 5.91 Å². The maximum Gasteiger partial charge on any atom is 0.264 e. The van der Waals surface area contributed by atoms with Crippen molar-refractivity contribution in [3.63, 3.8) is 0 Å². The zero-order chi connectivity index (χ0) is 16.7. The molecule has 1 fully saturated rings. The maximum absolute atomic E-state index is 13.0. The average Bonchev–Trinajstić information content (AvgIpc) is 3.20. The number of thiophene rings is 1. The van der Waals surface area contributed by atoms with Crippen LogP contribution in [0.1, 0.15) is 22.2 Å². The SMILES string of the molecule is Cn1cc([C@@]2(C)CN(C(=O)c3cc4ccccc4s3)CCO2)cn1. The highest BCUT2D eigenvalue weighted by atomic mass is 32.1. The highest BCUT2D eigenvalue weighted by Crippen LogP contribution is 2.31. The van der Waals surface area contributed by atoms with E-state index in [1.807, 2.05) is 55.5 Å². The first-order chi connectivity index (χ1) is 11.5. The van der Waals surface area contributed by atoms with E-state index in [1.165, 1.54) is 0 Å². The van der Waals surface area contributed by atoms with Gasteiger partial charge < -0.3 is 9.64 Å². The van der Waals surface area contributed by atoms with E-state index in [1.54, 1.807) is 16.0 Å². The Morgan fingerprint density at radius 2 is 2.21 bits per heavy atom. The zero-order valence-electron chi connectivity index (χ0n) is 13.7. The molecule has 1 aliphatic rings. The molecule has 0 saturated carbocycles. The van der Waals surface area contributed by atoms with E-state index in [0.717, 1.165) is 20.5 Å². The van der Waals surface area contributed by atoms with E-state index in [0.29, 0.717) is 19.7 Å². The second-order valence-corrected chi connectivity index (χ2v) is 7.44. The van der Waals surface area contributed by atoms with Gasteiger partial charge in [0.15, 0.2) is 0 Å². The number of rotatable bonds is 2. The minimum atomic E-state index is -0.515. The van der Waals surface area contributed by atoms with Gasteiger partial charge in [0, 0.05) is 30.1 Å². The van der Waals surface area contributed by atoms with Crippen LogP contribution in [-0.2, 0) is 17.4 Å². The van der Waals surface area contributed by atoms with Crippen LogP contribution in [0.4, 0.5) is 0 Å². The normalized spacial score (nSPS) is 21.3. The Labute approximate surface area is 144 Å². The van der Waals surface area contributed by atoms with Crippen LogP contribution < -0.4 is 0 Å². The number of morpholine rings is 1. The minimum Gasteiger partial charge on any atom is -0.367 e. The van der Waals surface area contributed by atoms with Crippen LogP contribution in [0, 0.1) is 0 Å². The smallest absolute Gasteiger partial charge is 0.264 e. The summed E-state index contributed by atoms with van der Waals surface area (Å²) in [5.41, 5.74) is 0.484. The Hall–Kier alpha value is -2.18. The molecule has 1 saturated heterocycles. The number of hydrogen-bond acceptors (Lipinski definition) is 4. The van der Waals surface area contributed by atoms with Crippen molar-refractivity contribution in [2.75, 3.05) is 19.7 Å². The average molecular weight is 341 g/mol. The van der Waals surface area contributed by atoms with E-state index >= 15 is 0 Å². The quantitative estimate of drug-likeness (QED) is 0.720. The third-order valence-electron chi connectivity index (χ3n) is 4.51. The highest BCUT2D eigenvalue weighted by Gasteiger charge is 2.37. The number of aryl methyl sites for hydroxylation is 1. The van der Waals surface area contributed by atoms with Crippen LogP contribution in [-0.4, -0.2) is 40.3 Å². The van der Waals surface area contributed by atoms with Gasteiger partial charge in [-0.05, 0) is 24.4 Å². The molecule has 124 valence electrons. The first-order valence-corrected chi connectivity index (χ1v) is 8.78. The first-order valence-electron chi connectivity index (χ1n) is 7.96. The number of carbonyl (C=O) groups is 1. The molecule has 0 N–H and O–H groups in total. The molecule has 1 atom stereocenters. The lowest BCUT2D eigenvalue weighted by atomic mass is 9.97. The number of benzene rings is 1. The lowest BCUT2D eigenvalue weighted by Gasteiger charge is -2.39. The van der Waals surface area contributed by atoms with Crippen LogP contribution >= 0.6 is 11.3 Å². The van der Waals surface area contributed by atoms with Gasteiger partial charge in [0.25, 0.3) is 5.91 Å². The predicted octanol–water partition coefficient (Wildman–Crippen LogP) is 3.02. The van der Waals surface area contributed by atoms with Crippen molar-refractivity contribution < 1.29 is 9.53 Å². The van der Waals surface area contributed by atoms with Gasteiger partial charge in [-0.15, -0.1) is 11.3 Å². The summed E-state index contributed by atoms with van der Waals surface area (Å²) in [6, 6.07) is 10.1. The summed E-state index contributed by atoms with van der Waals surface area (Å²) >= 11 is 1.55. The molecule has 0 spiro atoms. The van der Waals surface area contributed by atoms with Gasteiger partial charge in [0.2, 0.25) is 0 Å². The van der Waals surface area contributed by atoms with Crippen LogP contribution in [0.5, 0.6) is 0 Å². The van der Waals surface area contributed by atoms with E-state index in [4.69, 9.17) is 4.74 Å². The predicted molar refractivity (Wildman–Crippen MR) is 94.2 cm³/mol. The molecule has 6 heteroatoms. The number of carbonyl (C=O) groups excluding carboxylic acids is 1. The van der Waals surface area contributed by atoms with Crippen LogP contribution in [0.2, 0.25) is 0 Å². The van der Waals surface area contributed by atoms with Crippen LogP contribution in [0.25, 0.3) is 10.1 Å². The standard InChI is InChI=1S/C18H19N3O2S/c1-18(14-10-19-20(2)11-14)12-21(7-8-23-18)17(22)16-9-13-5-3-4-6-15(13)24-16/h3-6,9-11H,7-8,12H2,1-2H3/t18-/m1/s1. The summed E-state index contributed by atoms with van der Waals surface area (Å²) in [4.78, 5) is 15.6. The molecule has 5 nitrogen and oxygen atoms in total. The molecule has 24 heavy (non-hydrogen) atoms. The Bertz CT molecular complexity index is 867. The van der Waals surface area contributed by atoms with Crippen molar-refractivity contribution in [3.05, 3.63) is 53.2 Å². The molecule has 0 aliphatic carbocycles. The molecule has 1 amide bonds. The Balaban J connectivity index is 1.60. The minimum absolute atomic E-state index is 0.0783. The Morgan fingerprint density at radius 3 is 2.96 bits per heavy atom. The van der Waals surface area contributed by atoms with Crippen molar-refractivity contribution >= 4 is 27.3 Å². The molecule has 2 aromatic heterocycles. The molecule has 0 bridgehead atoms. The monoisotopic (exact) mass is 341 g/mol. The number of aromatic nitrogens is 2. The third-order valence-corrected chi connectivity index (χ3v) is 5.62. The van der Waals surface area contributed by atoms with Gasteiger partial charge in [-0.3, -0.25) is 9.48 Å². The number of hydrogen-bond donors (Lipinski definition) is 0. The molecule has 1 aliphatic heterocycles. The van der Waals surface area contributed by atoms with E-state index < -0.39 is 5.60 Å². The molecule has 4 rings (SSSR count). The van der Waals surface area contributed by atoms with Gasteiger partial charge >= 0.3 is 0 Å². The summed E-state index contributed by atoms with van der Waals surface area (Å²) in [7, 11) is 1.88. The summed E-state index contributed by atoms with van der Waals surface area (Å²) in [5.74, 6) is 0.0783. The molecule has 3 heterocycles. The fourth-order valence-electron chi connectivity index (χ4n) is 3.16. The summed E-state index contributed by atoms with van der Waals surface area (Å²) in [5, 5.41) is 5.35. The third kappa shape index (κ3) is 2.61. The molecular weight excluding hydrogens is 322 g/mol. The molecule has 0 unspecified atom stereocenters. The summed E-state index contributed by atoms with van der Waals surface area (Å²) < 4.78 is 8.90. The van der Waals surface area contributed by atoms with Crippen molar-refractivity contribution in [1.82, 2.24) is 14.7 Å². The van der Waals surface area contributed by atoms with Gasteiger partial charge in [0.1, 0.15) is 5.60 Å². The largest absolute Gasteiger partial charge is 0.367 e. The number of fused-ring (bicyclic) bond motifs is 1. The molecule has 1 aromatic carbocycles. The van der Waals surface area contributed by atoms with Crippen molar-refractivity contribution in [3.8, 4) is 0 Å². The van der Waals surface area contributed by atoms with Gasteiger partial charge in [-0.25, -0.2) is 0 Å². The van der Waals surface area contributed by atoms with Crippen LogP contribution in [0.15, 0.2) is 42.7 Å². The molecule has 3 aromatic rings.